The molecule has 0 saturated carbocycles. The molecule has 0 bridgehead atoms. The lowest BCUT2D eigenvalue weighted by atomic mass is 10.0. The van der Waals surface area contributed by atoms with Crippen LogP contribution in [0.1, 0.15) is 120 Å². The molecule has 0 aliphatic rings. The molecule has 0 heterocycles. The highest BCUT2D eigenvalue weighted by atomic mass is 127. The maximum absolute atomic E-state index is 12.0. The summed E-state index contributed by atoms with van der Waals surface area (Å²) in [5.41, 5.74) is 0.543. The summed E-state index contributed by atoms with van der Waals surface area (Å²) in [6.07, 6.45) is 20.1. The third kappa shape index (κ3) is 14.7. The van der Waals surface area contributed by atoms with Crippen LogP contribution < -0.4 is 5.32 Å². The van der Waals surface area contributed by atoms with E-state index in [9.17, 15) is 9.59 Å². The van der Waals surface area contributed by atoms with Crippen molar-refractivity contribution in [1.29, 1.82) is 0 Å². The van der Waals surface area contributed by atoms with Gasteiger partial charge >= 0.3 is 0 Å². The summed E-state index contributed by atoms with van der Waals surface area (Å²) in [7, 11) is 0. The number of nitrogens with one attached hydrogen (secondary N) is 1. The van der Waals surface area contributed by atoms with Gasteiger partial charge < -0.3 is 0 Å². The lowest BCUT2D eigenvalue weighted by Gasteiger charge is -2.05. The van der Waals surface area contributed by atoms with Crippen molar-refractivity contribution in [1.82, 2.24) is 5.32 Å². The normalized spacial score (nSPS) is 10.8. The maximum atomic E-state index is 12.0. The van der Waals surface area contributed by atoms with Crippen molar-refractivity contribution in [3.05, 3.63) is 33.4 Å². The fraction of sp³-hybridized carbons (Fsp3) is 0.680. The molecule has 0 spiro atoms. The van der Waals surface area contributed by atoms with Gasteiger partial charge in [-0.2, -0.15) is 0 Å². The van der Waals surface area contributed by atoms with Crippen molar-refractivity contribution < 1.29 is 9.59 Å². The minimum Gasteiger partial charge on any atom is -0.292 e. The van der Waals surface area contributed by atoms with Crippen LogP contribution in [0.5, 0.6) is 0 Å². The summed E-state index contributed by atoms with van der Waals surface area (Å²) in [5.74, 6) is -0.460. The zero-order valence-electron chi connectivity index (χ0n) is 18.3. The first kappa shape index (κ1) is 26.1. The number of carbonyl (C=O) groups is 2. The van der Waals surface area contributed by atoms with Gasteiger partial charge in [0.25, 0.3) is 5.91 Å². The molecule has 2 amide bonds. The van der Waals surface area contributed by atoms with E-state index in [4.69, 9.17) is 0 Å². The van der Waals surface area contributed by atoms with Crippen LogP contribution >= 0.6 is 22.6 Å². The van der Waals surface area contributed by atoms with E-state index < -0.39 is 0 Å². The van der Waals surface area contributed by atoms with Crippen molar-refractivity contribution in [2.75, 3.05) is 0 Å². The Morgan fingerprint density at radius 3 is 1.72 bits per heavy atom. The van der Waals surface area contributed by atoms with Crippen molar-refractivity contribution in [3.63, 3.8) is 0 Å². The predicted molar refractivity (Wildman–Crippen MR) is 131 cm³/mol. The molecule has 0 aliphatic carbocycles. The maximum Gasteiger partial charge on any atom is 0.257 e. The minimum atomic E-state index is -0.297. The van der Waals surface area contributed by atoms with Crippen LogP contribution in [0, 0.1) is 3.57 Å². The van der Waals surface area contributed by atoms with Gasteiger partial charge in [0.2, 0.25) is 5.91 Å². The molecule has 0 fully saturated rings. The fourth-order valence-corrected chi connectivity index (χ4v) is 4.09. The monoisotopic (exact) mass is 513 g/mol. The number of amides is 2. The average Bonchev–Trinajstić information content (AvgIpc) is 2.71. The SMILES string of the molecule is CCCCCCCCCCCCCCCCCC(=O)NC(=O)c1cccc(I)c1. The summed E-state index contributed by atoms with van der Waals surface area (Å²) >= 11 is 2.16. The number of unbranched alkanes of at least 4 members (excludes halogenated alkanes) is 14. The molecule has 164 valence electrons. The largest absolute Gasteiger partial charge is 0.292 e. The summed E-state index contributed by atoms with van der Waals surface area (Å²) in [6, 6.07) is 7.28. The molecule has 29 heavy (non-hydrogen) atoms. The van der Waals surface area contributed by atoms with Crippen LogP contribution in [0.3, 0.4) is 0 Å². The third-order valence-electron chi connectivity index (χ3n) is 5.35. The highest BCUT2D eigenvalue weighted by Crippen LogP contribution is 2.14. The second-order valence-corrected chi connectivity index (χ2v) is 9.33. The van der Waals surface area contributed by atoms with E-state index in [1.807, 2.05) is 12.1 Å². The zero-order valence-corrected chi connectivity index (χ0v) is 20.5. The number of benzene rings is 1. The van der Waals surface area contributed by atoms with Crippen molar-refractivity contribution in [3.8, 4) is 0 Å². The van der Waals surface area contributed by atoms with Gasteiger partial charge in [0, 0.05) is 15.6 Å². The Balaban J connectivity index is 1.88. The topological polar surface area (TPSA) is 46.2 Å². The molecular formula is C25H40INO2. The molecule has 0 unspecified atom stereocenters. The van der Waals surface area contributed by atoms with Gasteiger partial charge in [-0.1, -0.05) is 103 Å². The molecule has 1 aromatic rings. The molecular weight excluding hydrogens is 473 g/mol. The number of halogens is 1. The molecule has 0 aliphatic heterocycles. The second-order valence-electron chi connectivity index (χ2n) is 8.09. The first-order valence-electron chi connectivity index (χ1n) is 11.7. The third-order valence-corrected chi connectivity index (χ3v) is 6.02. The summed E-state index contributed by atoms with van der Waals surface area (Å²) in [4.78, 5) is 23.9. The molecule has 1 N–H and O–H groups in total. The van der Waals surface area contributed by atoms with Gasteiger partial charge in [0.05, 0.1) is 0 Å². The summed E-state index contributed by atoms with van der Waals surface area (Å²) in [5, 5.41) is 2.49. The standard InChI is InChI=1S/C25H40INO2/c1-2-3-4-5-6-7-8-9-10-11-12-13-14-15-16-20-24(28)27-25(29)22-18-17-19-23(26)21-22/h17-19,21H,2-16,20H2,1H3,(H,27,28,29). The lowest BCUT2D eigenvalue weighted by molar-refractivity contribution is -0.120. The Bertz CT molecular complexity index is 574. The van der Waals surface area contributed by atoms with Gasteiger partial charge in [0.15, 0.2) is 0 Å². The van der Waals surface area contributed by atoms with E-state index >= 15 is 0 Å². The molecule has 1 rings (SSSR count). The smallest absolute Gasteiger partial charge is 0.257 e. The predicted octanol–water partition coefficient (Wildman–Crippen LogP) is 7.81. The van der Waals surface area contributed by atoms with Crippen LogP contribution in [0.2, 0.25) is 0 Å². The van der Waals surface area contributed by atoms with Crippen LogP contribution in [-0.4, -0.2) is 11.8 Å². The Morgan fingerprint density at radius 1 is 0.759 bits per heavy atom. The molecule has 1 aromatic carbocycles. The number of hydrogen-bond donors (Lipinski definition) is 1. The van der Waals surface area contributed by atoms with Crippen molar-refractivity contribution >= 4 is 34.4 Å². The lowest BCUT2D eigenvalue weighted by Crippen LogP contribution is -2.30. The van der Waals surface area contributed by atoms with E-state index in [1.165, 1.54) is 83.5 Å². The number of carbonyl (C=O) groups excluding carboxylic acids is 2. The molecule has 0 atom stereocenters. The highest BCUT2D eigenvalue weighted by molar-refractivity contribution is 14.1. The van der Waals surface area contributed by atoms with E-state index in [-0.39, 0.29) is 11.8 Å². The Labute approximate surface area is 192 Å². The van der Waals surface area contributed by atoms with E-state index in [0.717, 1.165) is 16.4 Å². The van der Waals surface area contributed by atoms with E-state index in [1.54, 1.807) is 12.1 Å². The fourth-order valence-electron chi connectivity index (χ4n) is 3.55. The van der Waals surface area contributed by atoms with Gasteiger partial charge in [-0.05, 0) is 47.2 Å². The first-order valence-corrected chi connectivity index (χ1v) is 12.8. The summed E-state index contributed by atoms with van der Waals surface area (Å²) in [6.45, 7) is 2.27. The number of imide groups is 1. The van der Waals surface area contributed by atoms with Crippen molar-refractivity contribution in [2.45, 2.75) is 110 Å². The quantitative estimate of drug-likeness (QED) is 0.171. The Hall–Kier alpha value is -0.910. The van der Waals surface area contributed by atoms with Crippen LogP contribution in [0.25, 0.3) is 0 Å². The van der Waals surface area contributed by atoms with Gasteiger partial charge in [-0.3, -0.25) is 14.9 Å². The zero-order chi connectivity index (χ0) is 21.2. The Morgan fingerprint density at radius 2 is 1.24 bits per heavy atom. The van der Waals surface area contributed by atoms with Crippen LogP contribution in [0.15, 0.2) is 24.3 Å². The summed E-state index contributed by atoms with van der Waals surface area (Å²) < 4.78 is 0.991. The minimum absolute atomic E-state index is 0.163. The molecule has 0 radical (unpaired) electrons. The van der Waals surface area contributed by atoms with Crippen molar-refractivity contribution in [2.24, 2.45) is 0 Å². The number of rotatable bonds is 17. The molecule has 3 nitrogen and oxygen atoms in total. The van der Waals surface area contributed by atoms with E-state index in [0.29, 0.717) is 12.0 Å². The second kappa shape index (κ2) is 17.9. The molecule has 0 saturated heterocycles. The van der Waals surface area contributed by atoms with Gasteiger partial charge in [-0.15, -0.1) is 0 Å². The average molecular weight is 514 g/mol. The van der Waals surface area contributed by atoms with Crippen LogP contribution in [0.4, 0.5) is 0 Å². The number of hydrogen-bond acceptors (Lipinski definition) is 2. The van der Waals surface area contributed by atoms with Crippen LogP contribution in [-0.2, 0) is 4.79 Å². The first-order chi connectivity index (χ1) is 14.1. The molecule has 0 aromatic heterocycles. The van der Waals surface area contributed by atoms with Gasteiger partial charge in [0.1, 0.15) is 0 Å². The van der Waals surface area contributed by atoms with E-state index in [2.05, 4.69) is 34.8 Å². The van der Waals surface area contributed by atoms with Gasteiger partial charge in [-0.25, -0.2) is 0 Å². The highest BCUT2D eigenvalue weighted by Gasteiger charge is 2.10. The Kier molecular flexibility index (Phi) is 16.1. The molecule has 4 heteroatoms.